The quantitative estimate of drug-likeness (QED) is 0.655. The summed E-state index contributed by atoms with van der Waals surface area (Å²) in [6.45, 7) is 1.82. The maximum atomic E-state index is 11.7. The van der Waals surface area contributed by atoms with E-state index >= 15 is 0 Å². The van der Waals surface area contributed by atoms with Crippen LogP contribution in [0.4, 0.5) is 5.69 Å². The molecule has 0 bridgehead atoms. The first kappa shape index (κ1) is 14.6. The third-order valence-electron chi connectivity index (χ3n) is 2.68. The molecule has 0 fully saturated rings. The zero-order chi connectivity index (χ0) is 13.4. The first-order chi connectivity index (χ1) is 8.65. The van der Waals surface area contributed by atoms with Crippen LogP contribution in [0.5, 0.6) is 0 Å². The number of benzene rings is 1. The topological polar surface area (TPSA) is 78.6 Å². The fourth-order valence-corrected chi connectivity index (χ4v) is 1.52. The van der Waals surface area contributed by atoms with Gasteiger partial charge < -0.3 is 21.1 Å². The van der Waals surface area contributed by atoms with Crippen molar-refractivity contribution in [1.29, 1.82) is 0 Å². The van der Waals surface area contributed by atoms with E-state index in [9.17, 15) is 4.79 Å². The molecule has 100 valence electrons. The lowest BCUT2D eigenvalue weighted by molar-refractivity contribution is -0.116. The smallest absolute Gasteiger partial charge is 0.225 e. The number of aliphatic hydroxyl groups is 1. The summed E-state index contributed by atoms with van der Waals surface area (Å²) in [5, 5.41) is 11.6. The van der Waals surface area contributed by atoms with E-state index in [1.54, 1.807) is 0 Å². The van der Waals surface area contributed by atoms with E-state index in [0.29, 0.717) is 26.1 Å². The SMILES string of the molecule is CN(CCO)CCC(=O)Nc1ccc(CN)cc1. The molecule has 0 atom stereocenters. The number of anilines is 1. The van der Waals surface area contributed by atoms with Crippen molar-refractivity contribution < 1.29 is 9.90 Å². The molecule has 1 amide bonds. The van der Waals surface area contributed by atoms with Crippen LogP contribution in [-0.4, -0.2) is 42.7 Å². The van der Waals surface area contributed by atoms with Crippen LogP contribution in [0.3, 0.4) is 0 Å². The Morgan fingerprint density at radius 3 is 2.56 bits per heavy atom. The number of carbonyl (C=O) groups is 1. The number of likely N-dealkylation sites (N-methyl/N-ethyl adjacent to an activating group) is 1. The van der Waals surface area contributed by atoms with E-state index in [1.165, 1.54) is 0 Å². The Morgan fingerprint density at radius 2 is 2.00 bits per heavy atom. The second kappa shape index (κ2) is 7.81. The molecule has 1 aromatic rings. The van der Waals surface area contributed by atoms with E-state index in [2.05, 4.69) is 5.32 Å². The number of nitrogens with two attached hydrogens (primary N) is 1. The molecule has 0 heterocycles. The van der Waals surface area contributed by atoms with Gasteiger partial charge in [-0.3, -0.25) is 4.79 Å². The first-order valence-electron chi connectivity index (χ1n) is 6.04. The second-order valence-corrected chi connectivity index (χ2v) is 4.23. The Labute approximate surface area is 108 Å². The van der Waals surface area contributed by atoms with Gasteiger partial charge in [0.25, 0.3) is 0 Å². The fourth-order valence-electron chi connectivity index (χ4n) is 1.52. The molecule has 0 aliphatic heterocycles. The second-order valence-electron chi connectivity index (χ2n) is 4.23. The normalized spacial score (nSPS) is 10.7. The molecular weight excluding hydrogens is 230 g/mol. The Morgan fingerprint density at radius 1 is 1.33 bits per heavy atom. The lowest BCUT2D eigenvalue weighted by Gasteiger charge is -2.14. The van der Waals surface area contributed by atoms with Crippen LogP contribution in [0.2, 0.25) is 0 Å². The van der Waals surface area contributed by atoms with Gasteiger partial charge in [0.2, 0.25) is 5.91 Å². The van der Waals surface area contributed by atoms with Gasteiger partial charge in [-0.05, 0) is 24.7 Å². The van der Waals surface area contributed by atoms with Crippen molar-refractivity contribution in [3.05, 3.63) is 29.8 Å². The molecule has 0 radical (unpaired) electrons. The number of hydrogen-bond acceptors (Lipinski definition) is 4. The number of rotatable bonds is 7. The summed E-state index contributed by atoms with van der Waals surface area (Å²) in [6, 6.07) is 7.48. The number of aliphatic hydroxyl groups excluding tert-OH is 1. The molecule has 0 unspecified atom stereocenters. The van der Waals surface area contributed by atoms with E-state index in [1.807, 2.05) is 36.2 Å². The van der Waals surface area contributed by atoms with E-state index in [0.717, 1.165) is 11.3 Å². The third-order valence-corrected chi connectivity index (χ3v) is 2.68. The minimum atomic E-state index is -0.0275. The van der Waals surface area contributed by atoms with Crippen molar-refractivity contribution in [2.75, 3.05) is 32.1 Å². The predicted molar refractivity (Wildman–Crippen MR) is 72.2 cm³/mol. The molecule has 5 nitrogen and oxygen atoms in total. The zero-order valence-electron chi connectivity index (χ0n) is 10.7. The number of carbonyl (C=O) groups excluding carboxylic acids is 1. The summed E-state index contributed by atoms with van der Waals surface area (Å²) >= 11 is 0. The number of nitrogens with zero attached hydrogens (tertiary/aromatic N) is 1. The highest BCUT2D eigenvalue weighted by Crippen LogP contribution is 2.09. The Kier molecular flexibility index (Phi) is 6.35. The molecule has 0 saturated carbocycles. The molecule has 5 heteroatoms. The lowest BCUT2D eigenvalue weighted by atomic mass is 10.2. The van der Waals surface area contributed by atoms with Crippen molar-refractivity contribution >= 4 is 11.6 Å². The van der Waals surface area contributed by atoms with Gasteiger partial charge in [-0.1, -0.05) is 12.1 Å². The minimum absolute atomic E-state index is 0.0275. The van der Waals surface area contributed by atoms with Crippen molar-refractivity contribution in [2.45, 2.75) is 13.0 Å². The molecular formula is C13H21N3O2. The molecule has 1 aromatic carbocycles. The van der Waals surface area contributed by atoms with Crippen LogP contribution in [0.1, 0.15) is 12.0 Å². The number of hydrogen-bond donors (Lipinski definition) is 3. The van der Waals surface area contributed by atoms with Gasteiger partial charge in [-0.2, -0.15) is 0 Å². The average molecular weight is 251 g/mol. The highest BCUT2D eigenvalue weighted by atomic mass is 16.3. The number of nitrogens with one attached hydrogen (secondary N) is 1. The molecule has 0 aliphatic rings. The van der Waals surface area contributed by atoms with Crippen LogP contribution < -0.4 is 11.1 Å². The predicted octanol–water partition coefficient (Wildman–Crippen LogP) is 0.398. The maximum absolute atomic E-state index is 11.7. The van der Waals surface area contributed by atoms with Gasteiger partial charge in [-0.15, -0.1) is 0 Å². The van der Waals surface area contributed by atoms with E-state index < -0.39 is 0 Å². The van der Waals surface area contributed by atoms with Gasteiger partial charge in [0.1, 0.15) is 0 Å². The minimum Gasteiger partial charge on any atom is -0.395 e. The monoisotopic (exact) mass is 251 g/mol. The summed E-state index contributed by atoms with van der Waals surface area (Å²) in [7, 11) is 1.87. The fraction of sp³-hybridized carbons (Fsp3) is 0.462. The first-order valence-corrected chi connectivity index (χ1v) is 6.04. The summed E-state index contributed by atoms with van der Waals surface area (Å²) in [5.74, 6) is -0.0275. The van der Waals surface area contributed by atoms with Crippen molar-refractivity contribution in [3.8, 4) is 0 Å². The maximum Gasteiger partial charge on any atom is 0.225 e. The molecule has 4 N–H and O–H groups in total. The molecule has 0 aromatic heterocycles. The standard InChI is InChI=1S/C13H21N3O2/c1-16(8-9-17)7-6-13(18)15-12-4-2-11(10-14)3-5-12/h2-5,17H,6-10,14H2,1H3,(H,15,18). The summed E-state index contributed by atoms with van der Waals surface area (Å²) in [5.41, 5.74) is 7.31. The Balaban J connectivity index is 2.35. The summed E-state index contributed by atoms with van der Waals surface area (Å²) < 4.78 is 0. The largest absolute Gasteiger partial charge is 0.395 e. The highest BCUT2D eigenvalue weighted by Gasteiger charge is 2.04. The van der Waals surface area contributed by atoms with E-state index in [-0.39, 0.29) is 12.5 Å². The Bertz CT molecular complexity index is 365. The van der Waals surface area contributed by atoms with Crippen molar-refractivity contribution in [2.24, 2.45) is 5.73 Å². The van der Waals surface area contributed by atoms with E-state index in [4.69, 9.17) is 10.8 Å². The van der Waals surface area contributed by atoms with Crippen LogP contribution >= 0.6 is 0 Å². The molecule has 0 spiro atoms. The zero-order valence-corrected chi connectivity index (χ0v) is 10.7. The highest BCUT2D eigenvalue weighted by molar-refractivity contribution is 5.90. The van der Waals surface area contributed by atoms with Crippen molar-refractivity contribution in [1.82, 2.24) is 4.90 Å². The molecule has 0 saturated heterocycles. The Hall–Kier alpha value is -1.43. The molecule has 1 rings (SSSR count). The number of amides is 1. The molecule has 0 aliphatic carbocycles. The van der Waals surface area contributed by atoms with Gasteiger partial charge in [-0.25, -0.2) is 0 Å². The van der Waals surface area contributed by atoms with Crippen molar-refractivity contribution in [3.63, 3.8) is 0 Å². The van der Waals surface area contributed by atoms with Gasteiger partial charge in [0.15, 0.2) is 0 Å². The van der Waals surface area contributed by atoms with Crippen LogP contribution in [0.25, 0.3) is 0 Å². The third kappa shape index (κ3) is 5.27. The van der Waals surface area contributed by atoms with Crippen LogP contribution in [0.15, 0.2) is 24.3 Å². The summed E-state index contributed by atoms with van der Waals surface area (Å²) in [4.78, 5) is 13.6. The van der Waals surface area contributed by atoms with Gasteiger partial charge in [0, 0.05) is 31.7 Å². The van der Waals surface area contributed by atoms with Gasteiger partial charge in [0.05, 0.1) is 6.61 Å². The summed E-state index contributed by atoms with van der Waals surface area (Å²) in [6.07, 6.45) is 0.412. The molecule has 18 heavy (non-hydrogen) atoms. The van der Waals surface area contributed by atoms with Crippen LogP contribution in [0, 0.1) is 0 Å². The average Bonchev–Trinajstić information content (AvgIpc) is 2.38. The van der Waals surface area contributed by atoms with Crippen LogP contribution in [-0.2, 0) is 11.3 Å². The van der Waals surface area contributed by atoms with Gasteiger partial charge >= 0.3 is 0 Å². The lowest BCUT2D eigenvalue weighted by Crippen LogP contribution is -2.26.